The van der Waals surface area contributed by atoms with Crippen molar-refractivity contribution in [2.24, 2.45) is 5.92 Å². The number of aromatic carboxylic acids is 1. The first-order valence-corrected chi connectivity index (χ1v) is 7.46. The Morgan fingerprint density at radius 3 is 2.41 bits per heavy atom. The molecule has 3 rings (SSSR count). The molecular weight excluding hydrogens is 288 g/mol. The maximum Gasteiger partial charge on any atom is 0.338 e. The lowest BCUT2D eigenvalue weighted by Crippen LogP contribution is -2.46. The number of hydrogen-bond acceptors (Lipinski definition) is 4. The Balaban J connectivity index is 1.50. The van der Waals surface area contributed by atoms with Gasteiger partial charge in [-0.05, 0) is 25.7 Å². The topological polar surface area (TPSA) is 99.8 Å². The minimum atomic E-state index is -1.13. The van der Waals surface area contributed by atoms with Crippen molar-refractivity contribution in [1.82, 2.24) is 10.2 Å². The van der Waals surface area contributed by atoms with Crippen molar-refractivity contribution >= 4 is 17.8 Å². The van der Waals surface area contributed by atoms with Crippen molar-refractivity contribution in [2.45, 2.75) is 31.7 Å². The van der Waals surface area contributed by atoms with Crippen molar-refractivity contribution in [2.75, 3.05) is 13.1 Å². The average molecular weight is 306 g/mol. The van der Waals surface area contributed by atoms with Crippen molar-refractivity contribution in [3.63, 3.8) is 0 Å². The monoisotopic (exact) mass is 306 g/mol. The zero-order valence-corrected chi connectivity index (χ0v) is 12.1. The molecule has 1 aromatic heterocycles. The van der Waals surface area contributed by atoms with Gasteiger partial charge in [-0.15, -0.1) is 0 Å². The van der Waals surface area contributed by atoms with Crippen LogP contribution in [-0.2, 0) is 4.79 Å². The molecule has 7 heteroatoms. The number of nitrogens with zero attached hydrogens (tertiary/aromatic N) is 1. The lowest BCUT2D eigenvalue weighted by molar-refractivity contribution is -0.133. The van der Waals surface area contributed by atoms with Crippen LogP contribution in [0.4, 0.5) is 0 Å². The highest BCUT2D eigenvalue weighted by atomic mass is 16.4. The number of carbonyl (C=O) groups excluding carboxylic acids is 2. The quantitative estimate of drug-likeness (QED) is 0.868. The lowest BCUT2D eigenvalue weighted by Gasteiger charge is -2.32. The first-order chi connectivity index (χ1) is 10.5. The second-order valence-corrected chi connectivity index (χ2v) is 5.85. The highest BCUT2D eigenvalue weighted by Gasteiger charge is 2.35. The summed E-state index contributed by atoms with van der Waals surface area (Å²) in [6.45, 7) is 1.30. The van der Waals surface area contributed by atoms with Crippen molar-refractivity contribution in [3.8, 4) is 0 Å². The first-order valence-electron chi connectivity index (χ1n) is 7.46. The fraction of sp³-hybridized carbons (Fsp3) is 0.533. The molecule has 1 saturated carbocycles. The summed E-state index contributed by atoms with van der Waals surface area (Å²) < 4.78 is 4.97. The third-order valence-electron chi connectivity index (χ3n) is 4.14. The van der Waals surface area contributed by atoms with Crippen LogP contribution < -0.4 is 5.32 Å². The first kappa shape index (κ1) is 14.6. The van der Waals surface area contributed by atoms with Gasteiger partial charge in [-0.2, -0.15) is 0 Å². The van der Waals surface area contributed by atoms with Gasteiger partial charge in [0, 0.05) is 31.1 Å². The van der Waals surface area contributed by atoms with E-state index >= 15 is 0 Å². The Labute approximate surface area is 127 Å². The highest BCUT2D eigenvalue weighted by molar-refractivity contribution is 5.95. The molecule has 2 N–H and O–H groups in total. The molecular formula is C15H18N2O5. The number of hydrogen-bond donors (Lipinski definition) is 2. The van der Waals surface area contributed by atoms with Crippen LogP contribution in [-0.4, -0.2) is 46.9 Å². The van der Waals surface area contributed by atoms with Crippen LogP contribution in [0.1, 0.15) is 46.6 Å². The number of piperidine rings is 1. The van der Waals surface area contributed by atoms with Crippen LogP contribution in [0.2, 0.25) is 0 Å². The molecule has 1 aromatic rings. The van der Waals surface area contributed by atoms with Gasteiger partial charge in [-0.25, -0.2) is 4.79 Å². The summed E-state index contributed by atoms with van der Waals surface area (Å²) in [6.07, 6.45) is 4.46. The molecule has 0 aromatic carbocycles. The standard InChI is InChI=1S/C15H18N2O5/c18-13(12-7-10(8-22-12)15(20)21)16-11-3-5-17(6-4-11)14(19)9-1-2-9/h7-9,11H,1-6H2,(H,16,18)(H,20,21). The number of carboxylic acids is 1. The van der Waals surface area contributed by atoms with Gasteiger partial charge >= 0.3 is 5.97 Å². The predicted octanol–water partition coefficient (Wildman–Crippen LogP) is 1.11. The highest BCUT2D eigenvalue weighted by Crippen LogP contribution is 2.31. The van der Waals surface area contributed by atoms with E-state index in [1.165, 1.54) is 6.07 Å². The third-order valence-corrected chi connectivity index (χ3v) is 4.14. The number of carbonyl (C=O) groups is 3. The lowest BCUT2D eigenvalue weighted by atomic mass is 10.0. The fourth-order valence-electron chi connectivity index (χ4n) is 2.66. The molecule has 0 radical (unpaired) electrons. The molecule has 0 atom stereocenters. The van der Waals surface area contributed by atoms with E-state index in [9.17, 15) is 14.4 Å². The zero-order chi connectivity index (χ0) is 15.7. The van der Waals surface area contributed by atoms with Crippen LogP contribution in [0.15, 0.2) is 16.7 Å². The van der Waals surface area contributed by atoms with E-state index in [1.54, 1.807) is 0 Å². The Kier molecular flexibility index (Phi) is 3.87. The van der Waals surface area contributed by atoms with Gasteiger partial charge in [-0.1, -0.05) is 0 Å². The number of nitrogens with one attached hydrogen (secondary N) is 1. The molecule has 2 aliphatic rings. The molecule has 0 bridgehead atoms. The molecule has 1 saturated heterocycles. The smallest absolute Gasteiger partial charge is 0.338 e. The molecule has 1 aliphatic heterocycles. The number of carboxylic acid groups (broad SMARTS) is 1. The van der Waals surface area contributed by atoms with E-state index in [0.29, 0.717) is 25.9 Å². The van der Waals surface area contributed by atoms with E-state index in [4.69, 9.17) is 9.52 Å². The van der Waals surface area contributed by atoms with E-state index in [-0.39, 0.29) is 29.2 Å². The molecule has 2 fully saturated rings. The largest absolute Gasteiger partial charge is 0.478 e. The van der Waals surface area contributed by atoms with E-state index in [0.717, 1.165) is 19.1 Å². The minimum Gasteiger partial charge on any atom is -0.478 e. The van der Waals surface area contributed by atoms with Crippen molar-refractivity contribution < 1.29 is 23.9 Å². The Bertz CT molecular complexity index is 597. The Morgan fingerprint density at radius 2 is 1.86 bits per heavy atom. The van der Waals surface area contributed by atoms with Crippen LogP contribution in [0, 0.1) is 5.92 Å². The van der Waals surface area contributed by atoms with E-state index < -0.39 is 11.9 Å². The van der Waals surface area contributed by atoms with E-state index in [1.807, 2.05) is 4.90 Å². The minimum absolute atomic E-state index is 0.00566. The average Bonchev–Trinajstić information content (AvgIpc) is 3.23. The second-order valence-electron chi connectivity index (χ2n) is 5.85. The maximum atomic E-state index is 12.0. The summed E-state index contributed by atoms with van der Waals surface area (Å²) in [5, 5.41) is 11.6. The van der Waals surface area contributed by atoms with Crippen LogP contribution in [0.5, 0.6) is 0 Å². The van der Waals surface area contributed by atoms with Crippen LogP contribution >= 0.6 is 0 Å². The fourth-order valence-corrected chi connectivity index (χ4v) is 2.66. The van der Waals surface area contributed by atoms with Crippen LogP contribution in [0.3, 0.4) is 0 Å². The van der Waals surface area contributed by atoms with Gasteiger partial charge in [0.05, 0.1) is 5.56 Å². The van der Waals surface area contributed by atoms with Gasteiger partial charge in [0.1, 0.15) is 6.26 Å². The van der Waals surface area contributed by atoms with Gasteiger partial charge in [0.15, 0.2) is 5.76 Å². The van der Waals surface area contributed by atoms with E-state index in [2.05, 4.69) is 5.32 Å². The molecule has 2 amide bonds. The Hall–Kier alpha value is -2.31. The summed E-state index contributed by atoms with van der Waals surface area (Å²) in [5.41, 5.74) is -0.0463. The molecule has 1 aliphatic carbocycles. The second kappa shape index (κ2) is 5.82. The number of amides is 2. The maximum absolute atomic E-state index is 12.0. The van der Waals surface area contributed by atoms with Crippen molar-refractivity contribution in [1.29, 1.82) is 0 Å². The van der Waals surface area contributed by atoms with Crippen molar-refractivity contribution in [3.05, 3.63) is 23.7 Å². The summed E-state index contributed by atoms with van der Waals surface area (Å²) >= 11 is 0. The summed E-state index contributed by atoms with van der Waals surface area (Å²) in [7, 11) is 0. The molecule has 0 unspecified atom stereocenters. The predicted molar refractivity (Wildman–Crippen MR) is 75.5 cm³/mol. The van der Waals surface area contributed by atoms with Gasteiger partial charge in [0.25, 0.3) is 5.91 Å². The number of furan rings is 1. The molecule has 0 spiro atoms. The molecule has 7 nitrogen and oxygen atoms in total. The molecule has 22 heavy (non-hydrogen) atoms. The van der Waals surface area contributed by atoms with Gasteiger partial charge in [-0.3, -0.25) is 9.59 Å². The Morgan fingerprint density at radius 1 is 1.18 bits per heavy atom. The molecule has 2 heterocycles. The number of rotatable bonds is 4. The summed E-state index contributed by atoms with van der Waals surface area (Å²) in [5.74, 6) is -1.09. The SMILES string of the molecule is O=C(O)c1coc(C(=O)NC2CCN(C(=O)C3CC3)CC2)c1. The summed E-state index contributed by atoms with van der Waals surface area (Å²) in [6, 6.07) is 1.19. The third kappa shape index (κ3) is 3.13. The van der Waals surface area contributed by atoms with Crippen LogP contribution in [0.25, 0.3) is 0 Å². The van der Waals surface area contributed by atoms with Gasteiger partial charge in [0.2, 0.25) is 5.91 Å². The number of likely N-dealkylation sites (tertiary alicyclic amines) is 1. The summed E-state index contributed by atoms with van der Waals surface area (Å²) in [4.78, 5) is 36.6. The van der Waals surface area contributed by atoms with Gasteiger partial charge < -0.3 is 19.7 Å². The molecule has 118 valence electrons. The zero-order valence-electron chi connectivity index (χ0n) is 12.1. The normalized spacial score (nSPS) is 19.0.